The maximum absolute atomic E-state index is 13.7. The molecule has 0 aliphatic rings. The van der Waals surface area contributed by atoms with Crippen LogP contribution in [0.15, 0.2) is 89.7 Å². The van der Waals surface area contributed by atoms with Crippen molar-refractivity contribution in [2.75, 3.05) is 12.4 Å². The number of anilines is 1. The fourth-order valence-corrected chi connectivity index (χ4v) is 4.39. The average Bonchev–Trinajstić information content (AvgIpc) is 3.31. The summed E-state index contributed by atoms with van der Waals surface area (Å²) in [5.74, 6) is 1.38. The van der Waals surface area contributed by atoms with Crippen LogP contribution in [0.3, 0.4) is 0 Å². The zero-order chi connectivity index (χ0) is 25.5. The van der Waals surface area contributed by atoms with E-state index in [4.69, 9.17) is 14.8 Å². The van der Waals surface area contributed by atoms with Crippen LogP contribution in [-0.2, 0) is 6.54 Å². The molecule has 6 aromatic rings. The Labute approximate surface area is 209 Å². The second kappa shape index (κ2) is 8.76. The minimum absolute atomic E-state index is 0.0601. The number of imidazole rings is 1. The number of non-ortho nitro benzene ring substituents is 1. The number of ether oxygens (including phenoxy) is 1. The van der Waals surface area contributed by atoms with E-state index in [9.17, 15) is 14.9 Å². The molecule has 0 aliphatic heterocycles. The molecule has 0 radical (unpaired) electrons. The molecule has 3 heterocycles. The first kappa shape index (κ1) is 22.2. The third kappa shape index (κ3) is 3.80. The first-order valence-electron chi connectivity index (χ1n) is 11.5. The lowest BCUT2D eigenvalue weighted by Crippen LogP contribution is -2.20. The molecule has 3 aromatic carbocycles. The molecule has 0 saturated heterocycles. The number of nitrogens with one attached hydrogen (secondary N) is 1. The average molecular weight is 492 g/mol. The number of methoxy groups -OCH3 is 1. The highest BCUT2D eigenvalue weighted by molar-refractivity contribution is 6.04. The summed E-state index contributed by atoms with van der Waals surface area (Å²) in [4.78, 5) is 29.2. The minimum Gasteiger partial charge on any atom is -0.497 e. The number of hydrogen-bond donors (Lipinski definition) is 1. The van der Waals surface area contributed by atoms with E-state index in [0.717, 1.165) is 11.3 Å². The number of pyridine rings is 1. The molecule has 3 aromatic heterocycles. The van der Waals surface area contributed by atoms with Gasteiger partial charge in [-0.05, 0) is 48.0 Å². The molecule has 0 amide bonds. The van der Waals surface area contributed by atoms with Gasteiger partial charge in [0, 0.05) is 29.4 Å². The molecule has 0 spiro atoms. The highest BCUT2D eigenvalue weighted by Crippen LogP contribution is 2.27. The van der Waals surface area contributed by atoms with Gasteiger partial charge >= 0.3 is 0 Å². The topological polar surface area (TPSA) is 117 Å². The molecule has 0 unspecified atom stereocenters. The number of fused-ring (bicyclic) bond motifs is 5. The summed E-state index contributed by atoms with van der Waals surface area (Å²) in [6.07, 6.45) is 0. The summed E-state index contributed by atoms with van der Waals surface area (Å²) >= 11 is 0. The van der Waals surface area contributed by atoms with E-state index < -0.39 is 4.92 Å². The third-order valence-electron chi connectivity index (χ3n) is 6.23. The van der Waals surface area contributed by atoms with Crippen molar-refractivity contribution in [3.63, 3.8) is 0 Å². The minimum atomic E-state index is -0.473. The SMILES string of the molecule is COc1ccc(CNc2ccc3nc4c5ccccc5c(=O)n(-c5ccc([N+](=O)[O-])cc5)c4n3n2)cc1. The van der Waals surface area contributed by atoms with Gasteiger partial charge in [-0.1, -0.05) is 30.3 Å². The monoisotopic (exact) mass is 492 g/mol. The van der Waals surface area contributed by atoms with Crippen molar-refractivity contribution in [3.05, 3.63) is 111 Å². The predicted octanol–water partition coefficient (Wildman–Crippen LogP) is 4.72. The molecule has 0 atom stereocenters. The van der Waals surface area contributed by atoms with Gasteiger partial charge < -0.3 is 10.1 Å². The van der Waals surface area contributed by atoms with Gasteiger partial charge in [0.05, 0.1) is 17.7 Å². The van der Waals surface area contributed by atoms with Gasteiger partial charge in [0.2, 0.25) is 0 Å². The molecule has 0 bridgehead atoms. The van der Waals surface area contributed by atoms with Gasteiger partial charge in [-0.15, -0.1) is 5.10 Å². The van der Waals surface area contributed by atoms with Crippen molar-refractivity contribution >= 4 is 39.1 Å². The molecule has 0 fully saturated rings. The summed E-state index contributed by atoms with van der Waals surface area (Å²) in [6.45, 7) is 0.535. The summed E-state index contributed by atoms with van der Waals surface area (Å²) in [5.41, 5.74) is 2.84. The second-order valence-corrected chi connectivity index (χ2v) is 8.43. The summed E-state index contributed by atoms with van der Waals surface area (Å²) < 4.78 is 8.34. The molecule has 0 aliphatic carbocycles. The molecule has 182 valence electrons. The Bertz CT molecular complexity index is 1860. The van der Waals surface area contributed by atoms with Crippen LogP contribution in [0, 0.1) is 10.1 Å². The van der Waals surface area contributed by atoms with Gasteiger partial charge in [0.25, 0.3) is 11.2 Å². The van der Waals surface area contributed by atoms with Crippen LogP contribution in [0.5, 0.6) is 5.75 Å². The van der Waals surface area contributed by atoms with Gasteiger partial charge in [0.15, 0.2) is 11.3 Å². The zero-order valence-electron chi connectivity index (χ0n) is 19.7. The molecule has 6 rings (SSSR count). The smallest absolute Gasteiger partial charge is 0.269 e. The number of aromatic nitrogens is 4. The van der Waals surface area contributed by atoms with Crippen molar-refractivity contribution in [3.8, 4) is 11.4 Å². The largest absolute Gasteiger partial charge is 0.497 e. The number of nitrogens with zero attached hydrogens (tertiary/aromatic N) is 5. The fraction of sp³-hybridized carbons (Fsp3) is 0.0741. The number of nitro groups is 1. The van der Waals surface area contributed by atoms with Crippen molar-refractivity contribution < 1.29 is 9.66 Å². The van der Waals surface area contributed by atoms with E-state index in [0.29, 0.717) is 45.6 Å². The van der Waals surface area contributed by atoms with Gasteiger partial charge in [0.1, 0.15) is 17.1 Å². The maximum atomic E-state index is 13.7. The van der Waals surface area contributed by atoms with Crippen LogP contribution < -0.4 is 15.6 Å². The Balaban J connectivity index is 1.53. The third-order valence-corrected chi connectivity index (χ3v) is 6.23. The lowest BCUT2D eigenvalue weighted by atomic mass is 10.1. The number of rotatable bonds is 6. The molecular formula is C27H20N6O4. The maximum Gasteiger partial charge on any atom is 0.269 e. The highest BCUT2D eigenvalue weighted by Gasteiger charge is 2.19. The van der Waals surface area contributed by atoms with E-state index in [1.807, 2.05) is 48.5 Å². The van der Waals surface area contributed by atoms with E-state index in [2.05, 4.69) is 5.32 Å². The summed E-state index contributed by atoms with van der Waals surface area (Å²) in [5, 5.41) is 20.4. The Morgan fingerprint density at radius 2 is 1.68 bits per heavy atom. The standard InChI is InChI=1S/C27H20N6O4/c1-37-20-12-6-17(7-13-20)16-28-23-14-15-24-29-25-21-4-2-3-5-22(21)27(34)31(26(25)32(24)30-23)18-8-10-19(11-9-18)33(35)36/h2-15H,16H2,1H3,(H,28,30). The summed E-state index contributed by atoms with van der Waals surface area (Å²) in [7, 11) is 1.63. The van der Waals surface area contributed by atoms with Gasteiger partial charge in [-0.2, -0.15) is 4.52 Å². The Kier molecular flexibility index (Phi) is 5.26. The molecule has 10 nitrogen and oxygen atoms in total. The molecular weight excluding hydrogens is 472 g/mol. The fourth-order valence-electron chi connectivity index (χ4n) is 4.39. The summed E-state index contributed by atoms with van der Waals surface area (Å²) in [6, 6.07) is 24.5. The quantitative estimate of drug-likeness (QED) is 0.264. The van der Waals surface area contributed by atoms with E-state index >= 15 is 0 Å². The van der Waals surface area contributed by atoms with Crippen molar-refractivity contribution in [2.45, 2.75) is 6.54 Å². The Hall–Kier alpha value is -5.25. The number of hydrogen-bond acceptors (Lipinski definition) is 7. The van der Waals surface area contributed by atoms with Crippen LogP contribution in [-0.4, -0.2) is 31.2 Å². The highest BCUT2D eigenvalue weighted by atomic mass is 16.6. The van der Waals surface area contributed by atoms with Crippen molar-refractivity contribution in [1.82, 2.24) is 19.2 Å². The van der Waals surface area contributed by atoms with Crippen LogP contribution in [0.1, 0.15) is 5.56 Å². The molecule has 10 heteroatoms. The van der Waals surface area contributed by atoms with Crippen molar-refractivity contribution in [2.24, 2.45) is 0 Å². The van der Waals surface area contributed by atoms with Crippen LogP contribution >= 0.6 is 0 Å². The predicted molar refractivity (Wildman–Crippen MR) is 141 cm³/mol. The van der Waals surface area contributed by atoms with E-state index in [1.54, 1.807) is 35.9 Å². The van der Waals surface area contributed by atoms with E-state index in [-0.39, 0.29) is 11.2 Å². The first-order valence-corrected chi connectivity index (χ1v) is 11.5. The number of benzene rings is 3. The normalized spacial score (nSPS) is 11.3. The molecule has 0 saturated carbocycles. The lowest BCUT2D eigenvalue weighted by molar-refractivity contribution is -0.384. The Morgan fingerprint density at radius 1 is 0.946 bits per heavy atom. The first-order chi connectivity index (χ1) is 18.0. The molecule has 37 heavy (non-hydrogen) atoms. The van der Waals surface area contributed by atoms with Gasteiger partial charge in [-0.3, -0.25) is 19.5 Å². The van der Waals surface area contributed by atoms with Crippen LogP contribution in [0.4, 0.5) is 11.5 Å². The van der Waals surface area contributed by atoms with Crippen molar-refractivity contribution in [1.29, 1.82) is 0 Å². The van der Waals surface area contributed by atoms with E-state index in [1.165, 1.54) is 16.7 Å². The molecule has 1 N–H and O–H groups in total. The van der Waals surface area contributed by atoms with Gasteiger partial charge in [-0.25, -0.2) is 4.98 Å². The Morgan fingerprint density at radius 3 is 2.38 bits per heavy atom. The second-order valence-electron chi connectivity index (χ2n) is 8.43. The lowest BCUT2D eigenvalue weighted by Gasteiger charge is -2.11. The van der Waals surface area contributed by atoms with Crippen LogP contribution in [0.2, 0.25) is 0 Å². The number of nitro benzene ring substituents is 1. The van der Waals surface area contributed by atoms with Crippen LogP contribution in [0.25, 0.3) is 33.3 Å². The zero-order valence-corrected chi connectivity index (χ0v) is 19.7.